The number of hydrogen-bond acceptors (Lipinski definition) is 5. The first kappa shape index (κ1) is 18.0. The van der Waals surface area contributed by atoms with E-state index in [2.05, 4.69) is 35.3 Å². The average Bonchev–Trinajstić information content (AvgIpc) is 3.07. The van der Waals surface area contributed by atoms with Gasteiger partial charge < -0.3 is 4.74 Å². The predicted octanol–water partition coefficient (Wildman–Crippen LogP) is 4.65. The van der Waals surface area contributed by atoms with Crippen LogP contribution in [0.4, 0.5) is 0 Å². The van der Waals surface area contributed by atoms with Crippen LogP contribution in [0.1, 0.15) is 18.9 Å². The second-order valence-corrected chi connectivity index (χ2v) is 6.76. The average molecular weight is 364 g/mol. The van der Waals surface area contributed by atoms with Crippen LogP contribution >= 0.6 is 11.8 Å². The van der Waals surface area contributed by atoms with Gasteiger partial charge in [0.1, 0.15) is 5.75 Å². The number of hydrogen-bond donors (Lipinski definition) is 0. The summed E-state index contributed by atoms with van der Waals surface area (Å²) in [4.78, 5) is 0. The molecule has 0 N–H and O–H groups in total. The first-order valence-corrected chi connectivity index (χ1v) is 9.47. The number of nitrogens with zero attached hydrogens (tertiary/aromatic N) is 4. The van der Waals surface area contributed by atoms with Crippen LogP contribution in [0.15, 0.2) is 53.7 Å². The van der Waals surface area contributed by atoms with Gasteiger partial charge in [-0.2, -0.15) is 5.26 Å². The van der Waals surface area contributed by atoms with Gasteiger partial charge in [-0.3, -0.25) is 4.57 Å². The summed E-state index contributed by atoms with van der Waals surface area (Å²) in [6.07, 6.45) is 0.473. The highest BCUT2D eigenvalue weighted by Gasteiger charge is 2.16. The third kappa shape index (κ3) is 4.06. The molecule has 0 bridgehead atoms. The van der Waals surface area contributed by atoms with E-state index in [9.17, 15) is 0 Å². The molecule has 0 aliphatic rings. The SMILES string of the molecule is CCOc1ccc(-n2c(SCCC#N)nnc2-c2cccc(C)c2)cc1. The lowest BCUT2D eigenvalue weighted by Gasteiger charge is -2.11. The Morgan fingerprint density at radius 2 is 1.96 bits per heavy atom. The Morgan fingerprint density at radius 3 is 2.65 bits per heavy atom. The Bertz CT molecular complexity index is 912. The summed E-state index contributed by atoms with van der Waals surface area (Å²) in [6, 6.07) is 18.3. The Morgan fingerprint density at radius 1 is 1.15 bits per heavy atom. The fourth-order valence-corrected chi connectivity index (χ4v) is 3.41. The van der Waals surface area contributed by atoms with E-state index in [1.54, 1.807) is 0 Å². The minimum atomic E-state index is 0.473. The monoisotopic (exact) mass is 364 g/mol. The molecule has 0 atom stereocenters. The fourth-order valence-electron chi connectivity index (χ4n) is 2.61. The number of rotatable bonds is 7. The number of aromatic nitrogens is 3. The van der Waals surface area contributed by atoms with E-state index < -0.39 is 0 Å². The zero-order valence-corrected chi connectivity index (χ0v) is 15.7. The van der Waals surface area contributed by atoms with Crippen LogP contribution in [0.2, 0.25) is 0 Å². The molecule has 0 radical (unpaired) electrons. The second-order valence-electron chi connectivity index (χ2n) is 5.69. The Labute approximate surface area is 157 Å². The minimum Gasteiger partial charge on any atom is -0.494 e. The van der Waals surface area contributed by atoms with Crippen molar-refractivity contribution < 1.29 is 4.74 Å². The topological polar surface area (TPSA) is 63.7 Å². The summed E-state index contributed by atoms with van der Waals surface area (Å²) in [5, 5.41) is 18.4. The summed E-state index contributed by atoms with van der Waals surface area (Å²) in [5.74, 6) is 2.30. The standard InChI is InChI=1S/C20H20N4OS/c1-3-25-18-10-8-17(9-11-18)24-19(16-7-4-6-15(2)14-16)22-23-20(24)26-13-5-12-21/h4,6-11,14H,3,5,13H2,1-2H3. The molecule has 0 saturated heterocycles. The van der Waals surface area contributed by atoms with Crippen LogP contribution in [-0.2, 0) is 0 Å². The number of benzene rings is 2. The molecule has 0 fully saturated rings. The molecule has 0 spiro atoms. The molecule has 0 aliphatic carbocycles. The van der Waals surface area contributed by atoms with Gasteiger partial charge in [0.2, 0.25) is 0 Å². The molecule has 3 rings (SSSR count). The van der Waals surface area contributed by atoms with Gasteiger partial charge in [0.15, 0.2) is 11.0 Å². The molecule has 26 heavy (non-hydrogen) atoms. The van der Waals surface area contributed by atoms with Gasteiger partial charge in [0, 0.05) is 23.4 Å². The predicted molar refractivity (Wildman–Crippen MR) is 104 cm³/mol. The lowest BCUT2D eigenvalue weighted by molar-refractivity contribution is 0.340. The van der Waals surface area contributed by atoms with E-state index in [1.807, 2.05) is 47.9 Å². The fraction of sp³-hybridized carbons (Fsp3) is 0.250. The highest BCUT2D eigenvalue weighted by atomic mass is 32.2. The molecule has 0 saturated carbocycles. The van der Waals surface area contributed by atoms with E-state index in [0.717, 1.165) is 28.0 Å². The van der Waals surface area contributed by atoms with E-state index in [1.165, 1.54) is 17.3 Å². The van der Waals surface area contributed by atoms with Crippen LogP contribution in [0.3, 0.4) is 0 Å². The normalized spacial score (nSPS) is 10.5. The van der Waals surface area contributed by atoms with Gasteiger partial charge in [-0.15, -0.1) is 10.2 Å². The Kier molecular flexibility index (Phi) is 5.92. The summed E-state index contributed by atoms with van der Waals surface area (Å²) in [6.45, 7) is 4.66. The van der Waals surface area contributed by atoms with Crippen LogP contribution < -0.4 is 4.74 Å². The van der Waals surface area contributed by atoms with Crippen molar-refractivity contribution in [3.05, 3.63) is 54.1 Å². The summed E-state index contributed by atoms with van der Waals surface area (Å²) < 4.78 is 7.57. The largest absolute Gasteiger partial charge is 0.494 e. The Balaban J connectivity index is 2.04. The minimum absolute atomic E-state index is 0.473. The number of aryl methyl sites for hydroxylation is 1. The van der Waals surface area contributed by atoms with Gasteiger partial charge in [-0.05, 0) is 44.2 Å². The van der Waals surface area contributed by atoms with Gasteiger partial charge in [0.05, 0.1) is 12.7 Å². The highest BCUT2D eigenvalue weighted by Crippen LogP contribution is 2.29. The molecule has 1 heterocycles. The maximum absolute atomic E-state index is 8.81. The van der Waals surface area contributed by atoms with Crippen molar-refractivity contribution in [2.24, 2.45) is 0 Å². The van der Waals surface area contributed by atoms with Gasteiger partial charge >= 0.3 is 0 Å². The van der Waals surface area contributed by atoms with Crippen LogP contribution in [0, 0.1) is 18.3 Å². The quantitative estimate of drug-likeness (QED) is 0.451. The first-order chi connectivity index (χ1) is 12.7. The first-order valence-electron chi connectivity index (χ1n) is 8.48. The van der Waals surface area contributed by atoms with Crippen LogP contribution in [0.5, 0.6) is 5.75 Å². The molecule has 2 aromatic carbocycles. The highest BCUT2D eigenvalue weighted by molar-refractivity contribution is 7.99. The van der Waals surface area contributed by atoms with E-state index in [-0.39, 0.29) is 0 Å². The molecular formula is C20H20N4OS. The van der Waals surface area contributed by atoms with Crippen molar-refractivity contribution in [1.29, 1.82) is 5.26 Å². The smallest absolute Gasteiger partial charge is 0.196 e. The molecule has 6 heteroatoms. The Hall–Kier alpha value is -2.78. The van der Waals surface area contributed by atoms with Crippen LogP contribution in [0.25, 0.3) is 17.1 Å². The second kappa shape index (κ2) is 8.54. The zero-order chi connectivity index (χ0) is 18.4. The van der Waals surface area contributed by atoms with Crippen molar-refractivity contribution in [2.75, 3.05) is 12.4 Å². The van der Waals surface area contributed by atoms with Crippen molar-refractivity contribution in [3.8, 4) is 28.9 Å². The summed E-state index contributed by atoms with van der Waals surface area (Å²) in [5.41, 5.74) is 3.15. The zero-order valence-electron chi connectivity index (χ0n) is 14.8. The van der Waals surface area contributed by atoms with Gasteiger partial charge in [-0.1, -0.05) is 35.5 Å². The molecule has 132 valence electrons. The van der Waals surface area contributed by atoms with E-state index >= 15 is 0 Å². The molecular weight excluding hydrogens is 344 g/mol. The third-order valence-electron chi connectivity index (χ3n) is 3.76. The lowest BCUT2D eigenvalue weighted by Crippen LogP contribution is -2.00. The summed E-state index contributed by atoms with van der Waals surface area (Å²) in [7, 11) is 0. The molecule has 0 aliphatic heterocycles. The number of ether oxygens (including phenoxy) is 1. The summed E-state index contributed by atoms with van der Waals surface area (Å²) >= 11 is 1.54. The van der Waals surface area contributed by atoms with E-state index in [0.29, 0.717) is 18.8 Å². The van der Waals surface area contributed by atoms with Crippen molar-refractivity contribution >= 4 is 11.8 Å². The maximum atomic E-state index is 8.81. The van der Waals surface area contributed by atoms with Crippen LogP contribution in [-0.4, -0.2) is 27.1 Å². The number of thioether (sulfide) groups is 1. The molecule has 5 nitrogen and oxygen atoms in total. The van der Waals surface area contributed by atoms with Crippen molar-refractivity contribution in [2.45, 2.75) is 25.4 Å². The maximum Gasteiger partial charge on any atom is 0.196 e. The molecule has 0 amide bonds. The van der Waals surface area contributed by atoms with Gasteiger partial charge in [0.25, 0.3) is 0 Å². The molecule has 0 unspecified atom stereocenters. The molecule has 3 aromatic rings. The van der Waals surface area contributed by atoms with Crippen molar-refractivity contribution in [3.63, 3.8) is 0 Å². The van der Waals surface area contributed by atoms with E-state index in [4.69, 9.17) is 10.00 Å². The van der Waals surface area contributed by atoms with Crippen molar-refractivity contribution in [1.82, 2.24) is 14.8 Å². The third-order valence-corrected chi connectivity index (χ3v) is 4.69. The lowest BCUT2D eigenvalue weighted by atomic mass is 10.1. The van der Waals surface area contributed by atoms with Gasteiger partial charge in [-0.25, -0.2) is 0 Å². The number of nitriles is 1. The molecule has 1 aromatic heterocycles.